The van der Waals surface area contributed by atoms with Crippen LogP contribution in [0.15, 0.2) is 18.2 Å². The molecule has 1 aromatic carbocycles. The summed E-state index contributed by atoms with van der Waals surface area (Å²) >= 11 is 6.39. The lowest BCUT2D eigenvalue weighted by molar-refractivity contribution is -0.138. The Kier molecular flexibility index (Phi) is 4.82. The van der Waals surface area contributed by atoms with E-state index in [2.05, 4.69) is 4.90 Å². The van der Waals surface area contributed by atoms with E-state index in [-0.39, 0.29) is 23.8 Å². The Labute approximate surface area is 159 Å². The maximum absolute atomic E-state index is 13.2. The van der Waals surface area contributed by atoms with Crippen LogP contribution in [0.2, 0.25) is 5.02 Å². The number of hydrogen-bond acceptors (Lipinski definition) is 3. The number of benzene rings is 1. The van der Waals surface area contributed by atoms with Crippen molar-refractivity contribution in [1.29, 1.82) is 0 Å². The normalized spacial score (nSPS) is 26.2. The largest absolute Gasteiger partial charge is 0.372 e. The molecule has 4 aliphatic heterocycles. The summed E-state index contributed by atoms with van der Waals surface area (Å²) in [7, 11) is 1.86. The maximum Gasteiger partial charge on any atom is 0.255 e. The van der Waals surface area contributed by atoms with Crippen LogP contribution >= 0.6 is 11.6 Å². The minimum atomic E-state index is -0.0771. The number of anilines is 1. The third kappa shape index (κ3) is 3.18. The first-order valence-corrected chi connectivity index (χ1v) is 10.0. The Balaban J connectivity index is 1.58. The second kappa shape index (κ2) is 7.10. The highest BCUT2D eigenvalue weighted by Gasteiger charge is 2.40. The quantitative estimate of drug-likeness (QED) is 0.798. The van der Waals surface area contributed by atoms with Gasteiger partial charge in [0.05, 0.1) is 16.5 Å². The van der Waals surface area contributed by atoms with Gasteiger partial charge in [0.1, 0.15) is 0 Å². The van der Waals surface area contributed by atoms with Crippen molar-refractivity contribution in [3.05, 3.63) is 28.8 Å². The van der Waals surface area contributed by atoms with Crippen LogP contribution in [0.25, 0.3) is 0 Å². The van der Waals surface area contributed by atoms with Crippen molar-refractivity contribution < 1.29 is 9.59 Å². The molecule has 0 aromatic heterocycles. The van der Waals surface area contributed by atoms with E-state index in [0.29, 0.717) is 23.7 Å². The molecule has 26 heavy (non-hydrogen) atoms. The summed E-state index contributed by atoms with van der Waals surface area (Å²) < 4.78 is 0. The van der Waals surface area contributed by atoms with Crippen molar-refractivity contribution >= 4 is 29.1 Å². The second-order valence-corrected chi connectivity index (χ2v) is 8.21. The van der Waals surface area contributed by atoms with Crippen molar-refractivity contribution in [3.63, 3.8) is 0 Å². The minimum absolute atomic E-state index is 0.0474. The fourth-order valence-electron chi connectivity index (χ4n) is 4.52. The van der Waals surface area contributed by atoms with Gasteiger partial charge in [0.25, 0.3) is 5.91 Å². The molecule has 4 aliphatic rings. The van der Waals surface area contributed by atoms with E-state index in [0.717, 1.165) is 31.6 Å². The van der Waals surface area contributed by atoms with Crippen molar-refractivity contribution in [2.45, 2.75) is 38.1 Å². The number of rotatable bonds is 2. The Morgan fingerprint density at radius 1 is 1.12 bits per heavy atom. The second-order valence-electron chi connectivity index (χ2n) is 7.80. The zero-order valence-corrected chi connectivity index (χ0v) is 16.0. The molecular weight excluding hydrogens is 350 g/mol. The number of fused-ring (bicyclic) bond motifs is 4. The Hall–Kier alpha value is -1.75. The molecule has 0 radical (unpaired) electrons. The molecule has 0 N–H and O–H groups in total. The number of carbonyl (C=O) groups is 2. The molecule has 2 bridgehead atoms. The highest BCUT2D eigenvalue weighted by Crippen LogP contribution is 2.31. The van der Waals surface area contributed by atoms with Gasteiger partial charge in [-0.25, -0.2) is 0 Å². The first kappa shape index (κ1) is 17.7. The predicted molar refractivity (Wildman–Crippen MR) is 103 cm³/mol. The summed E-state index contributed by atoms with van der Waals surface area (Å²) in [6.45, 7) is 3.16. The van der Waals surface area contributed by atoms with Crippen LogP contribution in [0.4, 0.5) is 5.69 Å². The zero-order valence-electron chi connectivity index (χ0n) is 15.3. The van der Waals surface area contributed by atoms with Gasteiger partial charge in [-0.3, -0.25) is 9.59 Å². The number of amides is 2. The summed E-state index contributed by atoms with van der Waals surface area (Å²) in [5, 5.41) is 0.493. The molecule has 4 fully saturated rings. The Morgan fingerprint density at radius 2 is 1.88 bits per heavy atom. The first-order chi connectivity index (χ1) is 12.5. The van der Waals surface area contributed by atoms with E-state index >= 15 is 0 Å². The summed E-state index contributed by atoms with van der Waals surface area (Å²) in [4.78, 5) is 31.6. The number of carbonyl (C=O) groups excluding carboxylic acids is 2. The van der Waals surface area contributed by atoms with Crippen molar-refractivity contribution in [3.8, 4) is 0 Å². The smallest absolute Gasteiger partial charge is 0.255 e. The predicted octanol–water partition coefficient (Wildman–Crippen LogP) is 3.02. The lowest BCUT2D eigenvalue weighted by Crippen LogP contribution is -2.45. The fraction of sp³-hybridized carbons (Fsp3) is 0.600. The van der Waals surface area contributed by atoms with E-state index in [1.165, 1.54) is 19.3 Å². The lowest BCUT2D eigenvalue weighted by atomic mass is 9.95. The standard InChI is InChI=1S/C20H26ClN3O2/c1-22-16-6-5-14(19(22)25)12-24(13-16)20(26)17-11-15(7-8-18(17)21)23-9-3-2-4-10-23/h7-8,11,14,16H,2-6,9-10,12-13H2,1H3/t14-,16+/m0/s1. The fourth-order valence-corrected chi connectivity index (χ4v) is 4.72. The number of likely N-dealkylation sites (N-methyl/N-ethyl adjacent to an activating group) is 1. The van der Waals surface area contributed by atoms with Gasteiger partial charge in [0, 0.05) is 45.0 Å². The van der Waals surface area contributed by atoms with Crippen molar-refractivity contribution in [1.82, 2.24) is 9.80 Å². The molecular formula is C20H26ClN3O2. The van der Waals surface area contributed by atoms with Gasteiger partial charge in [-0.15, -0.1) is 0 Å². The third-order valence-corrected chi connectivity index (χ3v) is 6.48. The molecule has 0 unspecified atom stereocenters. The molecule has 1 aromatic rings. The molecule has 6 heteroatoms. The molecule has 2 atom stereocenters. The van der Waals surface area contributed by atoms with E-state index < -0.39 is 0 Å². The molecule has 0 aliphatic carbocycles. The summed E-state index contributed by atoms with van der Waals surface area (Å²) in [5.41, 5.74) is 1.63. The number of halogens is 1. The van der Waals surface area contributed by atoms with Crippen LogP contribution in [-0.2, 0) is 4.79 Å². The SMILES string of the molecule is CN1C(=O)[C@H]2CC[C@@H]1CN(C(=O)c1cc(N3CCCCC3)ccc1Cl)C2. The third-order valence-electron chi connectivity index (χ3n) is 6.15. The van der Waals surface area contributed by atoms with Crippen LogP contribution < -0.4 is 4.90 Å². The Bertz CT molecular complexity index is 717. The maximum atomic E-state index is 13.2. The molecule has 2 amide bonds. The van der Waals surface area contributed by atoms with Crippen LogP contribution in [-0.4, -0.2) is 60.9 Å². The molecule has 5 rings (SSSR count). The van der Waals surface area contributed by atoms with E-state index in [4.69, 9.17) is 11.6 Å². The highest BCUT2D eigenvalue weighted by molar-refractivity contribution is 6.34. The van der Waals surface area contributed by atoms with Gasteiger partial charge in [0.15, 0.2) is 0 Å². The number of piperidine rings is 2. The number of hydrogen-bond donors (Lipinski definition) is 0. The van der Waals surface area contributed by atoms with Crippen molar-refractivity contribution in [2.75, 3.05) is 38.1 Å². The topological polar surface area (TPSA) is 43.9 Å². The summed E-state index contributed by atoms with van der Waals surface area (Å²) in [5.74, 6) is 0.0466. The van der Waals surface area contributed by atoms with E-state index in [1.807, 2.05) is 35.0 Å². The molecule has 140 valence electrons. The summed E-state index contributed by atoms with van der Waals surface area (Å²) in [6, 6.07) is 5.90. The lowest BCUT2D eigenvalue weighted by Gasteiger charge is -2.32. The van der Waals surface area contributed by atoms with Gasteiger partial charge >= 0.3 is 0 Å². The average Bonchev–Trinajstić information content (AvgIpc) is 2.95. The minimum Gasteiger partial charge on any atom is -0.372 e. The molecule has 5 nitrogen and oxygen atoms in total. The molecule has 4 saturated heterocycles. The van der Waals surface area contributed by atoms with Crippen LogP contribution in [0.1, 0.15) is 42.5 Å². The van der Waals surface area contributed by atoms with Crippen LogP contribution in [0.3, 0.4) is 0 Å². The zero-order chi connectivity index (χ0) is 18.3. The van der Waals surface area contributed by atoms with E-state index in [9.17, 15) is 9.59 Å². The molecule has 0 saturated carbocycles. The highest BCUT2D eigenvalue weighted by atomic mass is 35.5. The monoisotopic (exact) mass is 375 g/mol. The van der Waals surface area contributed by atoms with E-state index in [1.54, 1.807) is 0 Å². The van der Waals surface area contributed by atoms with Gasteiger partial charge < -0.3 is 14.7 Å². The van der Waals surface area contributed by atoms with Gasteiger partial charge in [0.2, 0.25) is 5.91 Å². The molecule has 4 heterocycles. The van der Waals surface area contributed by atoms with Crippen LogP contribution in [0, 0.1) is 5.92 Å². The Morgan fingerprint density at radius 3 is 2.65 bits per heavy atom. The summed E-state index contributed by atoms with van der Waals surface area (Å²) in [6.07, 6.45) is 5.50. The van der Waals surface area contributed by atoms with Gasteiger partial charge in [-0.1, -0.05) is 11.6 Å². The number of nitrogens with zero attached hydrogens (tertiary/aromatic N) is 3. The molecule has 0 spiro atoms. The first-order valence-electron chi connectivity index (χ1n) is 9.65. The van der Waals surface area contributed by atoms with Crippen LogP contribution in [0.5, 0.6) is 0 Å². The van der Waals surface area contributed by atoms with Crippen molar-refractivity contribution in [2.24, 2.45) is 5.92 Å². The van der Waals surface area contributed by atoms with Gasteiger partial charge in [-0.05, 0) is 50.3 Å². The van der Waals surface area contributed by atoms with Gasteiger partial charge in [-0.2, -0.15) is 0 Å². The average molecular weight is 376 g/mol.